The van der Waals surface area contributed by atoms with E-state index in [-0.39, 0.29) is 5.60 Å². The Balaban J connectivity index is 2.07. The Morgan fingerprint density at radius 1 is 1.50 bits per heavy atom. The molecule has 1 unspecified atom stereocenters. The van der Waals surface area contributed by atoms with Crippen LogP contribution in [0, 0.1) is 0 Å². The van der Waals surface area contributed by atoms with Crippen LogP contribution in [0.5, 0.6) is 0 Å². The average Bonchev–Trinajstić information content (AvgIpc) is 2.26. The number of ether oxygens (including phenoxy) is 1. The van der Waals surface area contributed by atoms with Gasteiger partial charge in [0.15, 0.2) is 5.16 Å². The Morgan fingerprint density at radius 2 is 2.28 bits per heavy atom. The summed E-state index contributed by atoms with van der Waals surface area (Å²) >= 11 is 1.49. The number of nitrogens with zero attached hydrogens (tertiary/aromatic N) is 2. The van der Waals surface area contributed by atoms with E-state index < -0.39 is 0 Å². The first-order valence-electron chi connectivity index (χ1n) is 6.07. The first-order valence-corrected chi connectivity index (χ1v) is 7.30. The van der Waals surface area contributed by atoms with Gasteiger partial charge in [0.1, 0.15) is 11.6 Å². The molecule has 6 heteroatoms. The number of hydrogen-bond donors (Lipinski definition) is 2. The Kier molecular flexibility index (Phi) is 3.97. The standard InChI is InChI=1S/C12H20N4OS/c1-12(2)7-8(4-5-17-12)14-10-6-9(13)15-11(16-10)18-3/h6,8H,4-5,7H2,1-3H3,(H3,13,14,15,16). The predicted molar refractivity (Wildman–Crippen MR) is 74.9 cm³/mol. The summed E-state index contributed by atoms with van der Waals surface area (Å²) in [6.45, 7) is 5.01. The molecular weight excluding hydrogens is 248 g/mol. The summed E-state index contributed by atoms with van der Waals surface area (Å²) in [7, 11) is 0. The second-order valence-corrected chi connectivity index (χ2v) is 5.88. The molecular formula is C12H20N4OS. The number of thioether (sulfide) groups is 1. The first kappa shape index (κ1) is 13.4. The van der Waals surface area contributed by atoms with Crippen LogP contribution < -0.4 is 11.1 Å². The smallest absolute Gasteiger partial charge is 0.191 e. The van der Waals surface area contributed by atoms with Crippen LogP contribution in [0.1, 0.15) is 26.7 Å². The zero-order chi connectivity index (χ0) is 13.2. The minimum Gasteiger partial charge on any atom is -0.383 e. The van der Waals surface area contributed by atoms with E-state index >= 15 is 0 Å². The maximum absolute atomic E-state index is 5.76. The van der Waals surface area contributed by atoms with Crippen LogP contribution in [0.15, 0.2) is 11.2 Å². The largest absolute Gasteiger partial charge is 0.383 e. The van der Waals surface area contributed by atoms with Crippen LogP contribution in [0.25, 0.3) is 0 Å². The van der Waals surface area contributed by atoms with Crippen molar-refractivity contribution >= 4 is 23.4 Å². The fraction of sp³-hybridized carbons (Fsp3) is 0.667. The Labute approximate surface area is 112 Å². The summed E-state index contributed by atoms with van der Waals surface area (Å²) in [5.41, 5.74) is 5.69. The minimum atomic E-state index is -0.0726. The summed E-state index contributed by atoms with van der Waals surface area (Å²) in [6.07, 6.45) is 3.89. The zero-order valence-electron chi connectivity index (χ0n) is 11.1. The topological polar surface area (TPSA) is 73.1 Å². The van der Waals surface area contributed by atoms with E-state index in [2.05, 4.69) is 29.1 Å². The third kappa shape index (κ3) is 3.49. The molecule has 0 aliphatic carbocycles. The van der Waals surface area contributed by atoms with Crippen LogP contribution in [0.2, 0.25) is 0 Å². The van der Waals surface area contributed by atoms with Gasteiger partial charge >= 0.3 is 0 Å². The van der Waals surface area contributed by atoms with Crippen molar-refractivity contribution in [3.05, 3.63) is 6.07 Å². The molecule has 3 N–H and O–H groups in total. The Morgan fingerprint density at radius 3 is 2.94 bits per heavy atom. The monoisotopic (exact) mass is 268 g/mol. The highest BCUT2D eigenvalue weighted by molar-refractivity contribution is 7.98. The van der Waals surface area contributed by atoms with E-state index in [0.717, 1.165) is 25.3 Å². The lowest BCUT2D eigenvalue weighted by Gasteiger charge is -2.36. The lowest BCUT2D eigenvalue weighted by atomic mass is 9.94. The van der Waals surface area contributed by atoms with Gasteiger partial charge in [-0.1, -0.05) is 11.8 Å². The molecule has 0 amide bonds. The highest BCUT2D eigenvalue weighted by atomic mass is 32.2. The molecule has 5 nitrogen and oxygen atoms in total. The number of nitrogens with one attached hydrogen (secondary N) is 1. The van der Waals surface area contributed by atoms with Gasteiger partial charge in [0, 0.05) is 18.7 Å². The minimum absolute atomic E-state index is 0.0726. The number of nitrogen functional groups attached to an aromatic ring is 1. The number of nitrogens with two attached hydrogens (primary N) is 1. The zero-order valence-corrected chi connectivity index (χ0v) is 11.9. The van der Waals surface area contributed by atoms with Crippen molar-refractivity contribution in [1.29, 1.82) is 0 Å². The molecule has 0 spiro atoms. The summed E-state index contributed by atoms with van der Waals surface area (Å²) in [5.74, 6) is 1.30. The Hall–Kier alpha value is -1.01. The maximum atomic E-state index is 5.76. The number of rotatable bonds is 3. The van der Waals surface area contributed by atoms with Crippen molar-refractivity contribution in [1.82, 2.24) is 9.97 Å². The molecule has 0 saturated carbocycles. The quantitative estimate of drug-likeness (QED) is 0.646. The summed E-state index contributed by atoms with van der Waals surface area (Å²) in [5, 5.41) is 4.13. The molecule has 1 aromatic rings. The molecule has 0 bridgehead atoms. The van der Waals surface area contributed by atoms with Crippen molar-refractivity contribution in [3.63, 3.8) is 0 Å². The van der Waals surface area contributed by atoms with E-state index in [1.165, 1.54) is 11.8 Å². The van der Waals surface area contributed by atoms with Crippen LogP contribution in [-0.4, -0.2) is 34.5 Å². The van der Waals surface area contributed by atoms with Crippen LogP contribution >= 0.6 is 11.8 Å². The van der Waals surface area contributed by atoms with Gasteiger partial charge in [-0.15, -0.1) is 0 Å². The van der Waals surface area contributed by atoms with Gasteiger partial charge in [-0.25, -0.2) is 9.97 Å². The molecule has 1 saturated heterocycles. The summed E-state index contributed by atoms with van der Waals surface area (Å²) in [4.78, 5) is 8.55. The molecule has 18 heavy (non-hydrogen) atoms. The number of anilines is 2. The van der Waals surface area contributed by atoms with Crippen LogP contribution in [0.3, 0.4) is 0 Å². The third-order valence-corrected chi connectivity index (χ3v) is 3.50. The van der Waals surface area contributed by atoms with Gasteiger partial charge < -0.3 is 15.8 Å². The fourth-order valence-electron chi connectivity index (χ4n) is 2.17. The van der Waals surface area contributed by atoms with E-state index in [9.17, 15) is 0 Å². The van der Waals surface area contributed by atoms with Crippen molar-refractivity contribution in [2.75, 3.05) is 23.9 Å². The lowest BCUT2D eigenvalue weighted by Crippen LogP contribution is -2.40. The lowest BCUT2D eigenvalue weighted by molar-refractivity contribution is -0.0553. The second-order valence-electron chi connectivity index (χ2n) is 5.11. The van der Waals surface area contributed by atoms with Gasteiger partial charge in [0.2, 0.25) is 0 Å². The van der Waals surface area contributed by atoms with Gasteiger partial charge in [0.05, 0.1) is 5.60 Å². The predicted octanol–water partition coefficient (Wildman–Crippen LogP) is 2.15. The molecule has 2 rings (SSSR count). The average molecular weight is 268 g/mol. The third-order valence-electron chi connectivity index (χ3n) is 2.96. The maximum Gasteiger partial charge on any atom is 0.191 e. The van der Waals surface area contributed by atoms with Crippen molar-refractivity contribution in [2.24, 2.45) is 0 Å². The summed E-state index contributed by atoms with van der Waals surface area (Å²) in [6, 6.07) is 2.15. The normalized spacial score (nSPS) is 22.7. The fourth-order valence-corrected chi connectivity index (χ4v) is 2.56. The molecule has 0 aromatic carbocycles. The molecule has 2 heterocycles. The van der Waals surface area contributed by atoms with Crippen LogP contribution in [0.4, 0.5) is 11.6 Å². The number of aromatic nitrogens is 2. The molecule has 1 aliphatic rings. The Bertz CT molecular complexity index is 425. The molecule has 1 atom stereocenters. The first-order chi connectivity index (χ1) is 8.48. The van der Waals surface area contributed by atoms with Gasteiger partial charge in [-0.2, -0.15) is 0 Å². The molecule has 1 aliphatic heterocycles. The molecule has 0 radical (unpaired) electrons. The van der Waals surface area contributed by atoms with E-state index in [0.29, 0.717) is 17.0 Å². The molecule has 1 fully saturated rings. The molecule has 1 aromatic heterocycles. The highest BCUT2D eigenvalue weighted by Crippen LogP contribution is 2.26. The summed E-state index contributed by atoms with van der Waals surface area (Å²) < 4.78 is 5.70. The highest BCUT2D eigenvalue weighted by Gasteiger charge is 2.28. The van der Waals surface area contributed by atoms with Gasteiger partial charge in [-0.3, -0.25) is 0 Å². The van der Waals surface area contributed by atoms with E-state index in [4.69, 9.17) is 10.5 Å². The SMILES string of the molecule is CSc1nc(N)cc(NC2CCOC(C)(C)C2)n1. The number of hydrogen-bond acceptors (Lipinski definition) is 6. The van der Waals surface area contributed by atoms with Gasteiger partial charge in [-0.05, 0) is 32.9 Å². The van der Waals surface area contributed by atoms with Gasteiger partial charge in [0.25, 0.3) is 0 Å². The van der Waals surface area contributed by atoms with E-state index in [1.807, 2.05) is 6.26 Å². The molecule has 100 valence electrons. The second kappa shape index (κ2) is 5.32. The van der Waals surface area contributed by atoms with Crippen molar-refractivity contribution in [3.8, 4) is 0 Å². The van der Waals surface area contributed by atoms with Crippen LogP contribution in [-0.2, 0) is 4.74 Å². The van der Waals surface area contributed by atoms with Crippen molar-refractivity contribution in [2.45, 2.75) is 43.5 Å². The van der Waals surface area contributed by atoms with E-state index in [1.54, 1.807) is 6.07 Å². The van der Waals surface area contributed by atoms with Crippen molar-refractivity contribution < 1.29 is 4.74 Å².